The van der Waals surface area contributed by atoms with Crippen LogP contribution in [-0.2, 0) is 0 Å². The Morgan fingerprint density at radius 2 is 1.71 bits per heavy atom. The zero-order chi connectivity index (χ0) is 25.1. The monoisotopic (exact) mass is 477 g/mol. The van der Waals surface area contributed by atoms with E-state index >= 15 is 0 Å². The fourth-order valence-corrected chi connectivity index (χ4v) is 3.06. The Morgan fingerprint density at radius 3 is 2.26 bits per heavy atom. The maximum atomic E-state index is 13.8. The highest BCUT2D eigenvalue weighted by atomic mass is 19.4. The van der Waals surface area contributed by atoms with Gasteiger partial charge in [0.05, 0.1) is 18.3 Å². The van der Waals surface area contributed by atoms with Gasteiger partial charge in [-0.05, 0) is 47.9 Å². The second-order valence-electron chi connectivity index (χ2n) is 8.62. The highest BCUT2D eigenvalue weighted by Gasteiger charge is 2.31. The molecule has 10 heteroatoms. The summed E-state index contributed by atoms with van der Waals surface area (Å²) >= 11 is 0. The minimum absolute atomic E-state index is 0.0501. The highest BCUT2D eigenvalue weighted by molar-refractivity contribution is 5.94. The summed E-state index contributed by atoms with van der Waals surface area (Å²) < 4.78 is 55.1. The third kappa shape index (κ3) is 6.50. The van der Waals surface area contributed by atoms with Gasteiger partial charge in [0.15, 0.2) is 5.82 Å². The molecule has 180 valence electrons. The lowest BCUT2D eigenvalue weighted by Crippen LogP contribution is -2.46. The molecule has 0 saturated heterocycles. The number of aliphatic hydroxyl groups is 1. The van der Waals surface area contributed by atoms with E-state index in [9.17, 15) is 27.5 Å². The van der Waals surface area contributed by atoms with Gasteiger partial charge in [-0.25, -0.2) is 14.4 Å². The number of alkyl halides is 3. The van der Waals surface area contributed by atoms with Gasteiger partial charge < -0.3 is 15.2 Å². The number of hydrogen-bond donors (Lipinski definition) is 2. The molecule has 0 saturated carbocycles. The summed E-state index contributed by atoms with van der Waals surface area (Å²) in [6, 6.07) is 11.2. The van der Waals surface area contributed by atoms with Crippen LogP contribution in [0.3, 0.4) is 0 Å². The molecule has 1 aromatic heterocycles. The molecule has 2 N–H and O–H groups in total. The topological polar surface area (TPSA) is 84.3 Å². The Hall–Kier alpha value is -3.53. The van der Waals surface area contributed by atoms with Gasteiger partial charge in [-0.15, -0.1) is 13.2 Å². The lowest BCUT2D eigenvalue weighted by atomic mass is 9.87. The number of carbonyl (C=O) groups excluding carboxylic acids is 1. The van der Waals surface area contributed by atoms with Crippen molar-refractivity contribution in [2.75, 3.05) is 6.61 Å². The molecule has 0 aliphatic rings. The summed E-state index contributed by atoms with van der Waals surface area (Å²) in [5.41, 5.74) is 0.428. The van der Waals surface area contributed by atoms with Gasteiger partial charge in [0.25, 0.3) is 5.91 Å². The van der Waals surface area contributed by atoms with E-state index in [0.717, 1.165) is 12.1 Å². The Bertz CT molecular complexity index is 1160. The predicted molar refractivity (Wildman–Crippen MR) is 117 cm³/mol. The molecule has 34 heavy (non-hydrogen) atoms. The van der Waals surface area contributed by atoms with Crippen LogP contribution in [0.4, 0.5) is 17.6 Å². The van der Waals surface area contributed by atoms with Crippen LogP contribution >= 0.6 is 0 Å². The molecule has 0 aliphatic carbocycles. The zero-order valence-electron chi connectivity index (χ0n) is 18.7. The summed E-state index contributed by atoms with van der Waals surface area (Å²) in [5.74, 6) is -1.48. The molecule has 1 heterocycles. The Kier molecular flexibility index (Phi) is 7.21. The van der Waals surface area contributed by atoms with Crippen molar-refractivity contribution in [3.8, 4) is 28.4 Å². The number of amides is 1. The minimum atomic E-state index is -4.83. The van der Waals surface area contributed by atoms with E-state index in [-0.39, 0.29) is 23.8 Å². The van der Waals surface area contributed by atoms with Crippen LogP contribution in [0.5, 0.6) is 5.75 Å². The van der Waals surface area contributed by atoms with Crippen molar-refractivity contribution >= 4 is 5.91 Å². The fourth-order valence-electron chi connectivity index (χ4n) is 3.06. The molecule has 0 aliphatic heterocycles. The molecule has 0 spiro atoms. The summed E-state index contributed by atoms with van der Waals surface area (Å²) in [7, 11) is 0. The molecule has 6 nitrogen and oxygen atoms in total. The van der Waals surface area contributed by atoms with Crippen LogP contribution in [0.15, 0.2) is 54.6 Å². The van der Waals surface area contributed by atoms with Gasteiger partial charge in [-0.3, -0.25) is 4.79 Å². The van der Waals surface area contributed by atoms with Gasteiger partial charge in [0.1, 0.15) is 17.3 Å². The number of ether oxygens (including phenoxy) is 1. The quantitative estimate of drug-likeness (QED) is 0.489. The number of benzene rings is 2. The first-order valence-corrected chi connectivity index (χ1v) is 10.3. The van der Waals surface area contributed by atoms with Crippen LogP contribution < -0.4 is 10.1 Å². The van der Waals surface area contributed by atoms with Crippen molar-refractivity contribution in [2.45, 2.75) is 33.2 Å². The van der Waals surface area contributed by atoms with E-state index < -0.39 is 35.3 Å². The van der Waals surface area contributed by atoms with Crippen molar-refractivity contribution in [1.82, 2.24) is 15.3 Å². The van der Waals surface area contributed by atoms with Crippen molar-refractivity contribution in [3.63, 3.8) is 0 Å². The number of hydrogen-bond acceptors (Lipinski definition) is 5. The number of rotatable bonds is 6. The predicted octanol–water partition coefficient (Wildman–Crippen LogP) is 4.99. The first-order chi connectivity index (χ1) is 15.9. The van der Waals surface area contributed by atoms with Crippen LogP contribution in [0, 0.1) is 11.2 Å². The van der Waals surface area contributed by atoms with Crippen LogP contribution in [0.25, 0.3) is 22.6 Å². The maximum absolute atomic E-state index is 13.8. The van der Waals surface area contributed by atoms with E-state index in [1.807, 2.05) is 20.8 Å². The molecular formula is C24H23F4N3O3. The van der Waals surface area contributed by atoms with Gasteiger partial charge in [0.2, 0.25) is 0 Å². The molecule has 0 unspecified atom stereocenters. The normalized spacial score (nSPS) is 12.8. The van der Waals surface area contributed by atoms with E-state index in [2.05, 4.69) is 20.0 Å². The van der Waals surface area contributed by atoms with Gasteiger partial charge in [-0.1, -0.05) is 32.9 Å². The number of nitrogens with zero attached hydrogens (tertiary/aromatic N) is 2. The van der Waals surface area contributed by atoms with E-state index in [1.54, 1.807) is 6.07 Å². The average Bonchev–Trinajstić information content (AvgIpc) is 2.75. The molecule has 2 aromatic carbocycles. The van der Waals surface area contributed by atoms with Crippen molar-refractivity contribution in [1.29, 1.82) is 0 Å². The SMILES string of the molecule is CC(C)(C)[C@@H](CO)NC(=O)c1cc(-c2ccc(OC(F)(F)F)cc2)nc(-c2cccc(F)c2)n1. The smallest absolute Gasteiger partial charge is 0.406 e. The fraction of sp³-hybridized carbons (Fsp3) is 0.292. The summed E-state index contributed by atoms with van der Waals surface area (Å²) in [5, 5.41) is 12.4. The molecule has 1 atom stereocenters. The number of nitrogens with one attached hydrogen (secondary N) is 1. The number of halogens is 4. The van der Waals surface area contributed by atoms with Crippen molar-refractivity contribution < 1.29 is 32.2 Å². The Labute approximate surface area is 193 Å². The van der Waals surface area contributed by atoms with E-state index in [1.165, 1.54) is 36.4 Å². The van der Waals surface area contributed by atoms with E-state index in [4.69, 9.17) is 0 Å². The number of aromatic nitrogens is 2. The van der Waals surface area contributed by atoms with Gasteiger partial charge >= 0.3 is 6.36 Å². The zero-order valence-corrected chi connectivity index (χ0v) is 18.7. The molecule has 0 radical (unpaired) electrons. The van der Waals surface area contributed by atoms with Crippen LogP contribution in [0.1, 0.15) is 31.3 Å². The molecule has 3 rings (SSSR count). The first-order valence-electron chi connectivity index (χ1n) is 10.3. The van der Waals surface area contributed by atoms with E-state index in [0.29, 0.717) is 11.1 Å². The maximum Gasteiger partial charge on any atom is 0.573 e. The minimum Gasteiger partial charge on any atom is -0.406 e. The third-order valence-corrected chi connectivity index (χ3v) is 4.96. The van der Waals surface area contributed by atoms with Crippen molar-refractivity contribution in [3.05, 3.63) is 66.1 Å². The second-order valence-corrected chi connectivity index (χ2v) is 8.62. The van der Waals surface area contributed by atoms with Crippen LogP contribution in [-0.4, -0.2) is 40.0 Å². The first kappa shape index (κ1) is 25.1. The Balaban J connectivity index is 2.04. The average molecular weight is 477 g/mol. The second kappa shape index (κ2) is 9.76. The Morgan fingerprint density at radius 1 is 1.03 bits per heavy atom. The van der Waals surface area contributed by atoms with Gasteiger partial charge in [0, 0.05) is 11.1 Å². The summed E-state index contributed by atoms with van der Waals surface area (Å²) in [6.07, 6.45) is -4.83. The summed E-state index contributed by atoms with van der Waals surface area (Å²) in [4.78, 5) is 21.6. The molecule has 0 fully saturated rings. The highest BCUT2D eigenvalue weighted by Crippen LogP contribution is 2.28. The molecule has 0 bridgehead atoms. The third-order valence-electron chi connectivity index (χ3n) is 4.96. The molecule has 3 aromatic rings. The van der Waals surface area contributed by atoms with Gasteiger partial charge in [-0.2, -0.15) is 0 Å². The largest absolute Gasteiger partial charge is 0.573 e. The lowest BCUT2D eigenvalue weighted by molar-refractivity contribution is -0.274. The molecular weight excluding hydrogens is 454 g/mol. The summed E-state index contributed by atoms with van der Waals surface area (Å²) in [6.45, 7) is 5.25. The van der Waals surface area contributed by atoms with Crippen molar-refractivity contribution in [2.24, 2.45) is 5.41 Å². The van der Waals surface area contributed by atoms with Crippen LogP contribution in [0.2, 0.25) is 0 Å². The number of carbonyl (C=O) groups is 1. The molecule has 1 amide bonds. The lowest BCUT2D eigenvalue weighted by Gasteiger charge is -2.29. The number of aliphatic hydroxyl groups excluding tert-OH is 1. The standard InChI is InChI=1S/C24H23F4N3O3/c1-23(2,3)20(13-32)31-22(33)19-12-18(14-7-9-17(10-8-14)34-24(26,27)28)29-21(30-19)15-5-4-6-16(25)11-15/h4-12,20,32H,13H2,1-3H3,(H,31,33)/t20-/m1/s1.